The molecule has 0 spiro atoms. The van der Waals surface area contributed by atoms with Crippen molar-refractivity contribution >= 4 is 40.7 Å². The highest BCUT2D eigenvalue weighted by Crippen LogP contribution is 2.36. The molecular formula is C19H22Cl2N2O2. The number of anilines is 1. The van der Waals surface area contributed by atoms with Crippen molar-refractivity contribution < 1.29 is 9.59 Å². The van der Waals surface area contributed by atoms with Crippen molar-refractivity contribution in [3.05, 3.63) is 39.9 Å². The van der Waals surface area contributed by atoms with Gasteiger partial charge in [-0.05, 0) is 63.1 Å². The molecule has 0 radical (unpaired) electrons. The summed E-state index contributed by atoms with van der Waals surface area (Å²) in [7, 11) is 0. The van der Waals surface area contributed by atoms with Gasteiger partial charge in [-0.2, -0.15) is 0 Å². The van der Waals surface area contributed by atoms with Gasteiger partial charge in [-0.15, -0.1) is 0 Å². The molecule has 2 fully saturated rings. The van der Waals surface area contributed by atoms with Gasteiger partial charge in [0, 0.05) is 17.6 Å². The number of amides is 2. The number of rotatable bonds is 4. The SMILES string of the molecule is C/C(=C\C(=O)N1CCCC[C@@H]1C(=O)Nc1ccc(Cl)cc1Cl)C1CC1. The average molecular weight is 381 g/mol. The Labute approximate surface area is 158 Å². The number of carbonyl (C=O) groups excluding carboxylic acids is 2. The number of allylic oxidation sites excluding steroid dienone is 1. The number of nitrogens with zero attached hydrogens (tertiary/aromatic N) is 1. The predicted octanol–water partition coefficient (Wildman–Crippen LogP) is 4.67. The molecule has 2 amide bonds. The number of hydrogen-bond donors (Lipinski definition) is 1. The third-order valence-corrected chi connectivity index (χ3v) is 5.40. The second kappa shape index (κ2) is 7.79. The lowest BCUT2D eigenvalue weighted by atomic mass is 10.0. The van der Waals surface area contributed by atoms with Crippen molar-refractivity contribution in [3.63, 3.8) is 0 Å². The molecule has 1 saturated carbocycles. The Morgan fingerprint density at radius 2 is 1.96 bits per heavy atom. The Morgan fingerprint density at radius 3 is 2.64 bits per heavy atom. The second-order valence-corrected chi connectivity index (χ2v) is 7.66. The minimum atomic E-state index is -0.462. The van der Waals surface area contributed by atoms with Crippen LogP contribution >= 0.6 is 23.2 Å². The molecule has 1 heterocycles. The lowest BCUT2D eigenvalue weighted by Gasteiger charge is -2.34. The van der Waals surface area contributed by atoms with Crippen LogP contribution in [0.4, 0.5) is 5.69 Å². The van der Waals surface area contributed by atoms with Crippen molar-refractivity contribution in [3.8, 4) is 0 Å². The van der Waals surface area contributed by atoms with Crippen molar-refractivity contribution in [2.45, 2.75) is 45.1 Å². The van der Waals surface area contributed by atoms with E-state index in [4.69, 9.17) is 23.2 Å². The summed E-state index contributed by atoms with van der Waals surface area (Å²) in [6.07, 6.45) is 6.55. The zero-order chi connectivity index (χ0) is 18.0. The molecule has 6 heteroatoms. The number of benzene rings is 1. The quantitative estimate of drug-likeness (QED) is 0.771. The first-order valence-corrected chi connectivity index (χ1v) is 9.46. The van der Waals surface area contributed by atoms with Gasteiger partial charge >= 0.3 is 0 Å². The molecule has 0 bridgehead atoms. The molecule has 1 atom stereocenters. The smallest absolute Gasteiger partial charge is 0.247 e. The lowest BCUT2D eigenvalue weighted by molar-refractivity contribution is -0.136. The van der Waals surface area contributed by atoms with Crippen molar-refractivity contribution in [1.82, 2.24) is 4.90 Å². The van der Waals surface area contributed by atoms with Crippen LogP contribution < -0.4 is 5.32 Å². The number of likely N-dealkylation sites (tertiary alicyclic amines) is 1. The molecule has 4 nitrogen and oxygen atoms in total. The fraction of sp³-hybridized carbons (Fsp3) is 0.474. The monoisotopic (exact) mass is 380 g/mol. The Bertz CT molecular complexity index is 713. The van der Waals surface area contributed by atoms with E-state index in [2.05, 4.69) is 5.32 Å². The van der Waals surface area contributed by atoms with Gasteiger partial charge in [0.2, 0.25) is 11.8 Å². The Hall–Kier alpha value is -1.52. The Morgan fingerprint density at radius 1 is 1.20 bits per heavy atom. The zero-order valence-electron chi connectivity index (χ0n) is 14.2. The van der Waals surface area contributed by atoms with Crippen molar-refractivity contribution in [1.29, 1.82) is 0 Å². The number of carbonyl (C=O) groups is 2. The van der Waals surface area contributed by atoms with Crippen LogP contribution in [0.5, 0.6) is 0 Å². The molecule has 3 rings (SSSR count). The summed E-state index contributed by atoms with van der Waals surface area (Å²) < 4.78 is 0. The lowest BCUT2D eigenvalue weighted by Crippen LogP contribution is -2.49. The molecule has 1 aromatic carbocycles. The third-order valence-electron chi connectivity index (χ3n) is 4.85. The molecule has 1 aliphatic carbocycles. The van der Waals surface area contributed by atoms with Crippen LogP contribution in [0.25, 0.3) is 0 Å². The summed E-state index contributed by atoms with van der Waals surface area (Å²) in [5.41, 5.74) is 1.63. The first kappa shape index (κ1) is 18.3. The van der Waals surface area contributed by atoms with E-state index in [9.17, 15) is 9.59 Å². The van der Waals surface area contributed by atoms with Gasteiger partial charge in [-0.25, -0.2) is 0 Å². The second-order valence-electron chi connectivity index (χ2n) is 6.82. The number of piperidine rings is 1. The molecule has 1 aromatic rings. The van der Waals surface area contributed by atoms with Crippen molar-refractivity contribution in [2.75, 3.05) is 11.9 Å². The van der Waals surface area contributed by atoms with Crippen LogP contribution in [-0.2, 0) is 9.59 Å². The molecule has 2 aliphatic rings. The molecule has 0 unspecified atom stereocenters. The maximum Gasteiger partial charge on any atom is 0.247 e. The number of nitrogens with one attached hydrogen (secondary N) is 1. The van der Waals surface area contributed by atoms with E-state index in [1.54, 1.807) is 29.2 Å². The standard InChI is InChI=1S/C19H22Cl2N2O2/c1-12(13-5-6-13)10-18(24)23-9-3-2-4-17(23)19(25)22-16-8-7-14(20)11-15(16)21/h7-8,10-11,13,17H,2-6,9H2,1H3,(H,22,25)/b12-10+/t17-/m1/s1. The van der Waals surface area contributed by atoms with Crippen LogP contribution in [0, 0.1) is 5.92 Å². The number of hydrogen-bond acceptors (Lipinski definition) is 2. The molecule has 134 valence electrons. The van der Waals surface area contributed by atoms with Gasteiger partial charge in [0.15, 0.2) is 0 Å². The van der Waals surface area contributed by atoms with E-state index in [1.165, 1.54) is 0 Å². The highest BCUT2D eigenvalue weighted by Gasteiger charge is 2.32. The molecule has 0 aromatic heterocycles. The summed E-state index contributed by atoms with van der Waals surface area (Å²) in [6.45, 7) is 2.61. The molecular weight excluding hydrogens is 359 g/mol. The first-order valence-electron chi connectivity index (χ1n) is 8.70. The predicted molar refractivity (Wildman–Crippen MR) is 101 cm³/mol. The van der Waals surface area contributed by atoms with Gasteiger partial charge in [0.25, 0.3) is 0 Å². The normalized spacial score (nSPS) is 21.2. The Kier molecular flexibility index (Phi) is 5.70. The van der Waals surface area contributed by atoms with E-state index in [-0.39, 0.29) is 11.8 Å². The van der Waals surface area contributed by atoms with Crippen LogP contribution in [0.15, 0.2) is 29.8 Å². The number of halogens is 2. The van der Waals surface area contributed by atoms with Crippen LogP contribution in [0.1, 0.15) is 39.0 Å². The summed E-state index contributed by atoms with van der Waals surface area (Å²) in [4.78, 5) is 27.1. The van der Waals surface area contributed by atoms with Crippen LogP contribution in [0.3, 0.4) is 0 Å². The van der Waals surface area contributed by atoms with E-state index < -0.39 is 6.04 Å². The minimum Gasteiger partial charge on any atom is -0.327 e. The van der Waals surface area contributed by atoms with Crippen LogP contribution in [-0.4, -0.2) is 29.3 Å². The Balaban J connectivity index is 1.72. The summed E-state index contributed by atoms with van der Waals surface area (Å²) >= 11 is 12.0. The largest absolute Gasteiger partial charge is 0.327 e. The van der Waals surface area contributed by atoms with Gasteiger partial charge in [-0.1, -0.05) is 28.8 Å². The van der Waals surface area contributed by atoms with Gasteiger partial charge in [0.05, 0.1) is 10.7 Å². The van der Waals surface area contributed by atoms with E-state index in [0.29, 0.717) is 34.6 Å². The molecule has 1 saturated heterocycles. The first-order chi connectivity index (χ1) is 12.0. The molecule has 25 heavy (non-hydrogen) atoms. The highest BCUT2D eigenvalue weighted by atomic mass is 35.5. The van der Waals surface area contributed by atoms with E-state index in [1.807, 2.05) is 6.92 Å². The van der Waals surface area contributed by atoms with Crippen LogP contribution in [0.2, 0.25) is 10.0 Å². The van der Waals surface area contributed by atoms with Gasteiger partial charge in [0.1, 0.15) is 6.04 Å². The topological polar surface area (TPSA) is 49.4 Å². The summed E-state index contributed by atoms with van der Waals surface area (Å²) in [5.74, 6) is 0.287. The van der Waals surface area contributed by atoms with E-state index in [0.717, 1.165) is 31.3 Å². The molecule has 1 aliphatic heterocycles. The molecule has 1 N–H and O–H groups in total. The fourth-order valence-electron chi connectivity index (χ4n) is 3.21. The van der Waals surface area contributed by atoms with E-state index >= 15 is 0 Å². The van der Waals surface area contributed by atoms with Gasteiger partial charge < -0.3 is 10.2 Å². The van der Waals surface area contributed by atoms with Gasteiger partial charge in [-0.3, -0.25) is 9.59 Å². The zero-order valence-corrected chi connectivity index (χ0v) is 15.7. The maximum absolute atomic E-state index is 12.7. The summed E-state index contributed by atoms with van der Waals surface area (Å²) in [5, 5.41) is 3.74. The van der Waals surface area contributed by atoms with Crippen molar-refractivity contribution in [2.24, 2.45) is 5.92 Å². The summed E-state index contributed by atoms with van der Waals surface area (Å²) in [6, 6.07) is 4.48. The minimum absolute atomic E-state index is 0.0635. The highest BCUT2D eigenvalue weighted by molar-refractivity contribution is 6.36. The fourth-order valence-corrected chi connectivity index (χ4v) is 3.66. The third kappa shape index (κ3) is 4.56. The maximum atomic E-state index is 12.7. The average Bonchev–Trinajstić information content (AvgIpc) is 3.42.